The zero-order chi connectivity index (χ0) is 14.8. The number of fused-ring (bicyclic) bond motifs is 5. The topological polar surface area (TPSA) is 17.1 Å². The summed E-state index contributed by atoms with van der Waals surface area (Å²) in [6, 6.07) is 0. The lowest BCUT2D eigenvalue weighted by Crippen LogP contribution is -2.53. The molecule has 0 N–H and O–H groups in total. The summed E-state index contributed by atoms with van der Waals surface area (Å²) >= 11 is 6.46. The van der Waals surface area contributed by atoms with Gasteiger partial charge in [-0.25, -0.2) is 0 Å². The largest absolute Gasteiger partial charge is 0.299 e. The number of alkyl halides is 1. The molecule has 0 heterocycles. The van der Waals surface area contributed by atoms with E-state index in [0.29, 0.717) is 22.5 Å². The van der Waals surface area contributed by atoms with Crippen LogP contribution in [0.4, 0.5) is 0 Å². The van der Waals surface area contributed by atoms with Gasteiger partial charge in [-0.1, -0.05) is 13.8 Å². The summed E-state index contributed by atoms with van der Waals surface area (Å²) < 4.78 is 0. The van der Waals surface area contributed by atoms with Crippen LogP contribution in [-0.2, 0) is 4.79 Å². The molecular formula is C19H29ClO. The number of carbonyl (C=O) groups excluding carboxylic acids is 1. The fraction of sp³-hybridized carbons (Fsp3) is 0.947. The van der Waals surface area contributed by atoms with Gasteiger partial charge in [0.2, 0.25) is 0 Å². The second kappa shape index (κ2) is 4.73. The lowest BCUT2D eigenvalue weighted by molar-refractivity contribution is -0.138. The van der Waals surface area contributed by atoms with Crippen molar-refractivity contribution in [1.82, 2.24) is 0 Å². The maximum Gasteiger partial charge on any atom is 0.139 e. The summed E-state index contributed by atoms with van der Waals surface area (Å²) in [5.41, 5.74) is 0.551. The molecule has 118 valence electrons. The van der Waals surface area contributed by atoms with Crippen LogP contribution in [0.25, 0.3) is 0 Å². The Morgan fingerprint density at radius 2 is 1.81 bits per heavy atom. The fourth-order valence-corrected chi connectivity index (χ4v) is 7.30. The lowest BCUT2D eigenvalue weighted by Gasteiger charge is -2.60. The van der Waals surface area contributed by atoms with Crippen molar-refractivity contribution in [2.24, 2.45) is 34.5 Å². The van der Waals surface area contributed by atoms with Crippen molar-refractivity contribution in [3.63, 3.8) is 0 Å². The monoisotopic (exact) mass is 308 g/mol. The van der Waals surface area contributed by atoms with Crippen molar-refractivity contribution in [3.05, 3.63) is 0 Å². The van der Waals surface area contributed by atoms with Gasteiger partial charge in [-0.3, -0.25) is 4.79 Å². The standard InChI is InChI=1S/C19H29ClO/c1-18-9-7-13(20)11-12(18)3-4-14-15-5-6-17(21)19(15,2)10-8-16(14)18/h12-16H,3-11H2,1-2H3/t12-,13-,14+,15+,16-,18-,19-/m0/s1. The molecule has 0 aromatic heterocycles. The third-order valence-corrected chi connectivity index (χ3v) is 8.71. The smallest absolute Gasteiger partial charge is 0.139 e. The number of rotatable bonds is 0. The maximum absolute atomic E-state index is 12.4. The van der Waals surface area contributed by atoms with Gasteiger partial charge in [0, 0.05) is 17.2 Å². The molecule has 4 aliphatic carbocycles. The SMILES string of the molecule is C[C@]12CC[C@H](Cl)C[C@@H]1CC[C@@H]1[C@H]3CCC(=O)[C@@]3(C)CC[C@@H]12. The van der Waals surface area contributed by atoms with E-state index in [1.54, 1.807) is 0 Å². The molecule has 0 unspecified atom stereocenters. The van der Waals surface area contributed by atoms with E-state index in [-0.39, 0.29) is 5.41 Å². The van der Waals surface area contributed by atoms with Crippen LogP contribution in [0.5, 0.6) is 0 Å². The zero-order valence-corrected chi connectivity index (χ0v) is 14.3. The number of halogens is 1. The molecule has 0 bridgehead atoms. The molecular weight excluding hydrogens is 280 g/mol. The van der Waals surface area contributed by atoms with Gasteiger partial charge in [0.05, 0.1) is 0 Å². The highest BCUT2D eigenvalue weighted by molar-refractivity contribution is 6.20. The Labute approximate surface area is 134 Å². The molecule has 0 saturated heterocycles. The van der Waals surface area contributed by atoms with Crippen LogP contribution < -0.4 is 0 Å². The van der Waals surface area contributed by atoms with E-state index in [4.69, 9.17) is 11.6 Å². The molecule has 0 spiro atoms. The van der Waals surface area contributed by atoms with E-state index >= 15 is 0 Å². The maximum atomic E-state index is 12.4. The molecule has 4 rings (SSSR count). The van der Waals surface area contributed by atoms with E-state index in [1.807, 2.05) is 0 Å². The Morgan fingerprint density at radius 3 is 2.62 bits per heavy atom. The first-order chi connectivity index (χ1) is 9.95. The molecule has 4 fully saturated rings. The van der Waals surface area contributed by atoms with Crippen molar-refractivity contribution in [2.45, 2.75) is 77.0 Å². The predicted molar refractivity (Wildman–Crippen MR) is 86.4 cm³/mol. The highest BCUT2D eigenvalue weighted by Crippen LogP contribution is 2.65. The van der Waals surface area contributed by atoms with Gasteiger partial charge in [0.15, 0.2) is 0 Å². The van der Waals surface area contributed by atoms with Gasteiger partial charge < -0.3 is 0 Å². The van der Waals surface area contributed by atoms with Crippen LogP contribution in [-0.4, -0.2) is 11.2 Å². The first-order valence-electron chi connectivity index (χ1n) is 9.12. The Morgan fingerprint density at radius 1 is 1.00 bits per heavy atom. The second-order valence-corrected chi connectivity index (χ2v) is 9.56. The van der Waals surface area contributed by atoms with Crippen molar-refractivity contribution >= 4 is 17.4 Å². The molecule has 4 saturated carbocycles. The second-order valence-electron chi connectivity index (χ2n) is 8.95. The van der Waals surface area contributed by atoms with Crippen LogP contribution in [0, 0.1) is 34.5 Å². The van der Waals surface area contributed by atoms with E-state index in [2.05, 4.69) is 13.8 Å². The van der Waals surface area contributed by atoms with Crippen molar-refractivity contribution in [2.75, 3.05) is 0 Å². The molecule has 21 heavy (non-hydrogen) atoms. The Bertz CT molecular complexity index is 460. The lowest BCUT2D eigenvalue weighted by atomic mass is 9.45. The van der Waals surface area contributed by atoms with Crippen molar-refractivity contribution < 1.29 is 4.79 Å². The minimum absolute atomic E-state index is 0.0358. The average Bonchev–Trinajstić information content (AvgIpc) is 2.76. The van der Waals surface area contributed by atoms with Crippen LogP contribution >= 0.6 is 11.6 Å². The van der Waals surface area contributed by atoms with Crippen molar-refractivity contribution in [3.8, 4) is 0 Å². The van der Waals surface area contributed by atoms with Gasteiger partial charge in [-0.15, -0.1) is 11.6 Å². The van der Waals surface area contributed by atoms with E-state index in [0.717, 1.165) is 30.6 Å². The summed E-state index contributed by atoms with van der Waals surface area (Å²) in [5, 5.41) is 0.418. The summed E-state index contributed by atoms with van der Waals surface area (Å²) in [6.07, 6.45) is 11.0. The first kappa shape index (κ1) is 14.5. The summed E-state index contributed by atoms with van der Waals surface area (Å²) in [4.78, 5) is 12.4. The number of ketones is 1. The summed E-state index contributed by atoms with van der Waals surface area (Å²) in [6.45, 7) is 4.85. The molecule has 4 aliphatic rings. The third kappa shape index (κ3) is 1.92. The van der Waals surface area contributed by atoms with Crippen LogP contribution in [0.3, 0.4) is 0 Å². The molecule has 0 aromatic carbocycles. The van der Waals surface area contributed by atoms with E-state index < -0.39 is 0 Å². The van der Waals surface area contributed by atoms with E-state index in [9.17, 15) is 4.79 Å². The molecule has 2 heteroatoms. The predicted octanol–water partition coefficient (Wildman–Crippen LogP) is 5.21. The summed E-state index contributed by atoms with van der Waals surface area (Å²) in [7, 11) is 0. The Kier molecular flexibility index (Phi) is 3.27. The van der Waals surface area contributed by atoms with Crippen LogP contribution in [0.2, 0.25) is 0 Å². The van der Waals surface area contributed by atoms with Gasteiger partial charge in [-0.05, 0) is 80.5 Å². The normalized spacial score (nSPS) is 56.5. The Balaban J connectivity index is 1.64. The van der Waals surface area contributed by atoms with Crippen LogP contribution in [0.15, 0.2) is 0 Å². The highest BCUT2D eigenvalue weighted by atomic mass is 35.5. The molecule has 7 atom stereocenters. The van der Waals surface area contributed by atoms with Gasteiger partial charge in [0.25, 0.3) is 0 Å². The third-order valence-electron chi connectivity index (χ3n) is 8.31. The number of Topliss-reactive ketones (excluding diaryl/α,β-unsaturated/α-hetero) is 1. The van der Waals surface area contributed by atoms with Crippen molar-refractivity contribution in [1.29, 1.82) is 0 Å². The molecule has 0 amide bonds. The van der Waals surface area contributed by atoms with Gasteiger partial charge >= 0.3 is 0 Å². The molecule has 0 radical (unpaired) electrons. The van der Waals surface area contributed by atoms with E-state index in [1.165, 1.54) is 44.9 Å². The number of hydrogen-bond donors (Lipinski definition) is 0. The minimum Gasteiger partial charge on any atom is -0.299 e. The summed E-state index contributed by atoms with van der Waals surface area (Å²) in [5.74, 6) is 3.79. The molecule has 1 nitrogen and oxygen atoms in total. The highest BCUT2D eigenvalue weighted by Gasteiger charge is 2.60. The first-order valence-corrected chi connectivity index (χ1v) is 9.56. The average molecular weight is 309 g/mol. The minimum atomic E-state index is 0.0358. The quantitative estimate of drug-likeness (QED) is 0.562. The number of hydrogen-bond acceptors (Lipinski definition) is 1. The zero-order valence-electron chi connectivity index (χ0n) is 13.5. The Hall–Kier alpha value is -0.0400. The van der Waals surface area contributed by atoms with Gasteiger partial charge in [-0.2, -0.15) is 0 Å². The van der Waals surface area contributed by atoms with Gasteiger partial charge in [0.1, 0.15) is 5.78 Å². The fourth-order valence-electron chi connectivity index (χ4n) is 6.98. The van der Waals surface area contributed by atoms with Crippen LogP contribution in [0.1, 0.15) is 71.6 Å². The molecule has 0 aromatic rings. The molecule has 0 aliphatic heterocycles. The number of carbonyl (C=O) groups is 1.